The molecule has 0 bridgehead atoms. The number of hydrogen-bond donors (Lipinski definition) is 0. The summed E-state index contributed by atoms with van der Waals surface area (Å²) in [5, 5.41) is 0. The Kier molecular flexibility index (Phi) is 5.18. The van der Waals surface area contributed by atoms with Gasteiger partial charge in [0.1, 0.15) is 5.60 Å². The first-order valence-electron chi connectivity index (χ1n) is 4.88. The summed E-state index contributed by atoms with van der Waals surface area (Å²) in [6.45, 7) is 5.32. The minimum absolute atomic E-state index is 0.0502. The Morgan fingerprint density at radius 3 is 2.25 bits per heavy atom. The van der Waals surface area contributed by atoms with Gasteiger partial charge in [0.15, 0.2) is 0 Å². The molecule has 0 spiro atoms. The maximum absolute atomic E-state index is 12.1. The molecule has 0 aromatic heterocycles. The van der Waals surface area contributed by atoms with E-state index in [0.717, 1.165) is 0 Å². The summed E-state index contributed by atoms with van der Waals surface area (Å²) >= 11 is 0. The normalized spacial score (nSPS) is 12.3. The molecule has 16 heavy (non-hydrogen) atoms. The molecule has 0 aromatic rings. The van der Waals surface area contributed by atoms with Crippen LogP contribution in [0.3, 0.4) is 0 Å². The Morgan fingerprint density at radius 1 is 1.38 bits per heavy atom. The van der Waals surface area contributed by atoms with Gasteiger partial charge in [-0.2, -0.15) is 8.42 Å². The van der Waals surface area contributed by atoms with Gasteiger partial charge in [0.2, 0.25) is 0 Å². The molecule has 0 aliphatic rings. The largest absolute Gasteiger partial charge is 0.444 e. The van der Waals surface area contributed by atoms with Crippen molar-refractivity contribution in [1.29, 1.82) is 0 Å². The van der Waals surface area contributed by atoms with Gasteiger partial charge in [-0.3, -0.25) is 0 Å². The van der Waals surface area contributed by atoms with Gasteiger partial charge in [-0.05, 0) is 27.2 Å². The van der Waals surface area contributed by atoms with Crippen molar-refractivity contribution in [3.8, 4) is 0 Å². The van der Waals surface area contributed by atoms with Gasteiger partial charge in [0.05, 0.1) is 5.75 Å². The van der Waals surface area contributed by atoms with E-state index in [9.17, 15) is 17.1 Å². The van der Waals surface area contributed by atoms with Crippen molar-refractivity contribution in [2.24, 2.45) is 0 Å². The van der Waals surface area contributed by atoms with E-state index in [-0.39, 0.29) is 13.0 Å². The molecule has 0 aliphatic heterocycles. The Balaban J connectivity index is 3.99. The van der Waals surface area contributed by atoms with Crippen molar-refractivity contribution in [2.75, 3.05) is 19.3 Å². The standard InChI is InChI=1S/C9H18FNO4S/c1-9(2,3)15-8(12)11(4)6-5-7-16(10,13)14/h5-7H2,1-4H3. The van der Waals surface area contributed by atoms with Crippen LogP contribution in [-0.2, 0) is 15.0 Å². The number of hydrogen-bond acceptors (Lipinski definition) is 4. The second-order valence-corrected chi connectivity index (χ2v) is 5.98. The smallest absolute Gasteiger partial charge is 0.410 e. The molecule has 1 amide bonds. The van der Waals surface area contributed by atoms with E-state index in [1.807, 2.05) is 0 Å². The molecule has 0 aliphatic carbocycles. The topological polar surface area (TPSA) is 63.7 Å². The lowest BCUT2D eigenvalue weighted by Gasteiger charge is -2.24. The van der Waals surface area contributed by atoms with Crippen LogP contribution in [0.25, 0.3) is 0 Å². The summed E-state index contributed by atoms with van der Waals surface area (Å²) in [6, 6.07) is 0. The fourth-order valence-corrected chi connectivity index (χ4v) is 1.38. The summed E-state index contributed by atoms with van der Waals surface area (Å²) in [5.41, 5.74) is -0.600. The highest BCUT2D eigenvalue weighted by molar-refractivity contribution is 7.86. The van der Waals surface area contributed by atoms with Gasteiger partial charge in [0, 0.05) is 13.6 Å². The van der Waals surface area contributed by atoms with Crippen molar-refractivity contribution < 1.29 is 21.8 Å². The van der Waals surface area contributed by atoms with Gasteiger partial charge in [-0.25, -0.2) is 4.79 Å². The van der Waals surface area contributed by atoms with E-state index in [1.54, 1.807) is 20.8 Å². The summed E-state index contributed by atoms with van der Waals surface area (Å²) in [4.78, 5) is 12.6. The first-order chi connectivity index (χ1) is 7.01. The highest BCUT2D eigenvalue weighted by Crippen LogP contribution is 2.09. The van der Waals surface area contributed by atoms with E-state index in [2.05, 4.69) is 0 Å². The number of ether oxygens (including phenoxy) is 1. The van der Waals surface area contributed by atoms with Gasteiger partial charge in [0.25, 0.3) is 0 Å². The predicted octanol–water partition coefficient (Wildman–Crippen LogP) is 1.54. The van der Waals surface area contributed by atoms with Gasteiger partial charge >= 0.3 is 16.3 Å². The molecule has 0 heterocycles. The lowest BCUT2D eigenvalue weighted by molar-refractivity contribution is 0.0299. The Hall–Kier alpha value is -0.850. The second-order valence-electron chi connectivity index (χ2n) is 4.50. The van der Waals surface area contributed by atoms with Crippen molar-refractivity contribution in [2.45, 2.75) is 32.8 Å². The molecule has 5 nitrogen and oxygen atoms in total. The first kappa shape index (κ1) is 15.2. The third-order valence-electron chi connectivity index (χ3n) is 1.59. The number of halogens is 1. The molecular weight excluding hydrogens is 237 g/mol. The summed E-state index contributed by atoms with van der Waals surface area (Å²) in [5.74, 6) is -0.583. The lowest BCUT2D eigenvalue weighted by atomic mass is 10.2. The van der Waals surface area contributed by atoms with Crippen LogP contribution in [0.4, 0.5) is 8.68 Å². The highest BCUT2D eigenvalue weighted by atomic mass is 32.3. The molecule has 0 unspecified atom stereocenters. The number of rotatable bonds is 4. The Morgan fingerprint density at radius 2 is 1.88 bits per heavy atom. The van der Waals surface area contributed by atoms with E-state index in [4.69, 9.17) is 4.74 Å². The monoisotopic (exact) mass is 255 g/mol. The van der Waals surface area contributed by atoms with E-state index in [0.29, 0.717) is 0 Å². The zero-order valence-electron chi connectivity index (χ0n) is 9.99. The summed E-state index contributed by atoms with van der Waals surface area (Å²) in [7, 11) is -2.99. The molecule has 0 fully saturated rings. The molecule has 0 atom stereocenters. The Labute approximate surface area is 95.8 Å². The molecule has 0 aromatic carbocycles. The predicted molar refractivity (Wildman–Crippen MR) is 58.4 cm³/mol. The quantitative estimate of drug-likeness (QED) is 0.715. The molecule has 0 N–H and O–H groups in total. The number of carbonyl (C=O) groups excluding carboxylic acids is 1. The molecular formula is C9H18FNO4S. The molecule has 0 radical (unpaired) electrons. The van der Waals surface area contributed by atoms with E-state index in [1.165, 1.54) is 11.9 Å². The van der Waals surface area contributed by atoms with Gasteiger partial charge < -0.3 is 9.64 Å². The van der Waals surface area contributed by atoms with E-state index >= 15 is 0 Å². The van der Waals surface area contributed by atoms with E-state index < -0.39 is 27.7 Å². The minimum atomic E-state index is -4.46. The molecule has 96 valence electrons. The zero-order valence-corrected chi connectivity index (χ0v) is 10.8. The average Bonchev–Trinajstić information content (AvgIpc) is 1.98. The van der Waals surface area contributed by atoms with Crippen molar-refractivity contribution in [1.82, 2.24) is 4.90 Å². The molecule has 0 saturated carbocycles. The highest BCUT2D eigenvalue weighted by Gasteiger charge is 2.19. The van der Waals surface area contributed by atoms with Crippen molar-refractivity contribution >= 4 is 16.3 Å². The van der Waals surface area contributed by atoms with Crippen LogP contribution in [-0.4, -0.2) is 44.4 Å². The van der Waals surface area contributed by atoms with Crippen LogP contribution in [0.5, 0.6) is 0 Å². The maximum atomic E-state index is 12.1. The van der Waals surface area contributed by atoms with Crippen LogP contribution >= 0.6 is 0 Å². The fourth-order valence-electron chi connectivity index (χ4n) is 0.905. The van der Waals surface area contributed by atoms with Crippen molar-refractivity contribution in [3.63, 3.8) is 0 Å². The molecule has 7 heteroatoms. The number of nitrogens with zero attached hydrogens (tertiary/aromatic N) is 1. The van der Waals surface area contributed by atoms with Crippen LogP contribution in [0.15, 0.2) is 0 Å². The third-order valence-corrected chi connectivity index (χ3v) is 2.36. The van der Waals surface area contributed by atoms with Crippen LogP contribution in [0.1, 0.15) is 27.2 Å². The average molecular weight is 255 g/mol. The number of amides is 1. The number of carbonyl (C=O) groups is 1. The van der Waals surface area contributed by atoms with Crippen LogP contribution < -0.4 is 0 Å². The van der Waals surface area contributed by atoms with Crippen LogP contribution in [0.2, 0.25) is 0 Å². The second kappa shape index (κ2) is 5.47. The molecule has 0 rings (SSSR count). The van der Waals surface area contributed by atoms with Crippen molar-refractivity contribution in [3.05, 3.63) is 0 Å². The SMILES string of the molecule is CN(CCCS(=O)(=O)F)C(=O)OC(C)(C)C. The third kappa shape index (κ3) is 8.46. The maximum Gasteiger partial charge on any atom is 0.410 e. The minimum Gasteiger partial charge on any atom is -0.444 e. The van der Waals surface area contributed by atoms with Gasteiger partial charge in [-0.15, -0.1) is 3.89 Å². The van der Waals surface area contributed by atoms with Crippen LogP contribution in [0, 0.1) is 0 Å². The zero-order chi connectivity index (χ0) is 13.0. The fraction of sp³-hybridized carbons (Fsp3) is 0.889. The summed E-state index contributed by atoms with van der Waals surface area (Å²) < 4.78 is 37.6. The first-order valence-corrected chi connectivity index (χ1v) is 6.43. The summed E-state index contributed by atoms with van der Waals surface area (Å²) in [6.07, 6.45) is -0.502. The molecule has 0 saturated heterocycles. The lowest BCUT2D eigenvalue weighted by Crippen LogP contribution is -2.35. The van der Waals surface area contributed by atoms with Gasteiger partial charge in [-0.1, -0.05) is 0 Å². The Bertz CT molecular complexity index is 334.